The van der Waals surface area contributed by atoms with Crippen molar-refractivity contribution < 1.29 is 0 Å². The van der Waals surface area contributed by atoms with Crippen LogP contribution >= 0.6 is 0 Å². The van der Waals surface area contributed by atoms with Crippen molar-refractivity contribution in [3.63, 3.8) is 0 Å². The molecule has 0 aromatic rings. The normalized spacial score (nSPS) is 9.86. The number of nitrogens with two attached hydrogens (primary N) is 1. The minimum atomic E-state index is 0.861. The summed E-state index contributed by atoms with van der Waals surface area (Å²) in [6, 6.07) is 0. The minimum Gasteiger partial charge on any atom is -0.330 e. The maximum Gasteiger partial charge on any atom is -0.00474 e. The summed E-state index contributed by atoms with van der Waals surface area (Å²) in [6.45, 7) is 13.2. The van der Waals surface area contributed by atoms with Gasteiger partial charge in [0.25, 0.3) is 0 Å². The van der Waals surface area contributed by atoms with E-state index >= 15 is 0 Å². The average Bonchev–Trinajstić information content (AvgIpc) is 2.22. The van der Waals surface area contributed by atoms with E-state index in [1.54, 1.807) is 0 Å². The molecule has 0 fully saturated rings. The number of unbranched alkanes of at least 4 members (excludes halogenated alkanes) is 3. The van der Waals surface area contributed by atoms with Gasteiger partial charge in [-0.1, -0.05) is 47.0 Å². The van der Waals surface area contributed by atoms with Crippen LogP contribution in [0.3, 0.4) is 0 Å². The molecular weight excluding hydrogens is 172 g/mol. The fourth-order valence-electron chi connectivity index (χ4n) is 1.24. The zero-order chi connectivity index (χ0) is 11.2. The number of rotatable bonds is 7. The highest BCUT2D eigenvalue weighted by Gasteiger charge is 1.89. The van der Waals surface area contributed by atoms with Crippen LogP contribution in [-0.4, -0.2) is 31.1 Å². The Morgan fingerprint density at radius 2 is 1.29 bits per heavy atom. The van der Waals surface area contributed by atoms with Gasteiger partial charge in [0, 0.05) is 0 Å². The van der Waals surface area contributed by atoms with E-state index in [2.05, 4.69) is 32.6 Å². The standard InChI is InChI=1S/2C6H15N/c1-4-7(5-2)6-3;1-2-3-4-5-6-7/h4-6H2,1-3H3;2-7H2,1H3. The first-order valence-corrected chi connectivity index (χ1v) is 6.19. The van der Waals surface area contributed by atoms with Gasteiger partial charge in [0.2, 0.25) is 0 Å². The topological polar surface area (TPSA) is 29.3 Å². The summed E-state index contributed by atoms with van der Waals surface area (Å²) in [6.07, 6.45) is 5.16. The fourth-order valence-corrected chi connectivity index (χ4v) is 1.24. The second kappa shape index (κ2) is 15.4. The third kappa shape index (κ3) is 14.4. The highest BCUT2D eigenvalue weighted by Crippen LogP contribution is 1.95. The minimum absolute atomic E-state index is 0.861. The molecule has 0 rings (SSSR count). The Labute approximate surface area is 90.9 Å². The molecule has 0 amide bonds. The molecule has 0 aliphatic heterocycles. The Morgan fingerprint density at radius 3 is 1.50 bits per heavy atom. The van der Waals surface area contributed by atoms with Crippen LogP contribution in [0, 0.1) is 0 Å². The first-order valence-electron chi connectivity index (χ1n) is 6.19. The summed E-state index contributed by atoms with van der Waals surface area (Å²) in [5.74, 6) is 0. The lowest BCUT2D eigenvalue weighted by Crippen LogP contribution is -2.21. The van der Waals surface area contributed by atoms with Crippen molar-refractivity contribution in [1.82, 2.24) is 4.90 Å². The lowest BCUT2D eigenvalue weighted by Gasteiger charge is -2.13. The van der Waals surface area contributed by atoms with Crippen LogP contribution in [0.25, 0.3) is 0 Å². The molecule has 0 saturated heterocycles. The summed E-state index contributed by atoms with van der Waals surface area (Å²) in [7, 11) is 0. The van der Waals surface area contributed by atoms with Gasteiger partial charge in [-0.15, -0.1) is 0 Å². The predicted octanol–water partition coefficient (Wildman–Crippen LogP) is 2.87. The lowest BCUT2D eigenvalue weighted by atomic mass is 10.2. The monoisotopic (exact) mass is 202 g/mol. The van der Waals surface area contributed by atoms with E-state index in [0.29, 0.717) is 0 Å². The Bertz CT molecular complexity index is 70.9. The first-order chi connectivity index (χ1) is 6.76. The SMILES string of the molecule is CCCCCCN.CCN(CC)CC. The Hall–Kier alpha value is -0.0800. The van der Waals surface area contributed by atoms with Gasteiger partial charge >= 0.3 is 0 Å². The van der Waals surface area contributed by atoms with Gasteiger partial charge < -0.3 is 10.6 Å². The van der Waals surface area contributed by atoms with Crippen LogP contribution in [0.5, 0.6) is 0 Å². The van der Waals surface area contributed by atoms with E-state index in [4.69, 9.17) is 5.73 Å². The molecule has 0 atom stereocenters. The molecule has 0 unspecified atom stereocenters. The van der Waals surface area contributed by atoms with Crippen molar-refractivity contribution >= 4 is 0 Å². The van der Waals surface area contributed by atoms with Crippen LogP contribution in [0.2, 0.25) is 0 Å². The van der Waals surface area contributed by atoms with E-state index in [9.17, 15) is 0 Å². The molecule has 0 aliphatic carbocycles. The van der Waals surface area contributed by atoms with E-state index < -0.39 is 0 Å². The number of nitrogens with zero attached hydrogens (tertiary/aromatic N) is 1. The summed E-state index contributed by atoms with van der Waals surface area (Å²) < 4.78 is 0. The van der Waals surface area contributed by atoms with E-state index in [1.165, 1.54) is 45.3 Å². The van der Waals surface area contributed by atoms with Gasteiger partial charge in [-0.3, -0.25) is 0 Å². The molecule has 0 aromatic heterocycles. The number of hydrogen-bond acceptors (Lipinski definition) is 2. The van der Waals surface area contributed by atoms with Crippen molar-refractivity contribution in [3.8, 4) is 0 Å². The molecule has 14 heavy (non-hydrogen) atoms. The van der Waals surface area contributed by atoms with Crippen LogP contribution in [-0.2, 0) is 0 Å². The van der Waals surface area contributed by atoms with Gasteiger partial charge in [0.1, 0.15) is 0 Å². The molecule has 0 saturated carbocycles. The summed E-state index contributed by atoms with van der Waals surface area (Å²) in [5.41, 5.74) is 5.27. The molecule has 88 valence electrons. The smallest absolute Gasteiger partial charge is 0.00474 e. The quantitative estimate of drug-likeness (QED) is 0.643. The number of hydrogen-bond donors (Lipinski definition) is 1. The fraction of sp³-hybridized carbons (Fsp3) is 1.00. The molecule has 0 radical (unpaired) electrons. The molecule has 0 bridgehead atoms. The Balaban J connectivity index is 0. The molecule has 0 aliphatic rings. The zero-order valence-corrected chi connectivity index (χ0v) is 10.7. The van der Waals surface area contributed by atoms with E-state index in [-0.39, 0.29) is 0 Å². The van der Waals surface area contributed by atoms with Crippen molar-refractivity contribution in [2.75, 3.05) is 26.2 Å². The second-order valence-corrected chi connectivity index (χ2v) is 3.47. The zero-order valence-electron chi connectivity index (χ0n) is 10.7. The summed E-state index contributed by atoms with van der Waals surface area (Å²) in [5, 5.41) is 0. The lowest BCUT2D eigenvalue weighted by molar-refractivity contribution is 0.321. The molecular formula is C12H30N2. The van der Waals surface area contributed by atoms with Crippen molar-refractivity contribution in [1.29, 1.82) is 0 Å². The molecule has 2 N–H and O–H groups in total. The van der Waals surface area contributed by atoms with Crippen LogP contribution < -0.4 is 5.73 Å². The van der Waals surface area contributed by atoms with Crippen molar-refractivity contribution in [2.45, 2.75) is 53.4 Å². The third-order valence-electron chi connectivity index (χ3n) is 2.40. The predicted molar refractivity (Wildman–Crippen MR) is 66.7 cm³/mol. The van der Waals surface area contributed by atoms with Gasteiger partial charge in [-0.05, 0) is 32.6 Å². The highest BCUT2D eigenvalue weighted by atomic mass is 15.1. The van der Waals surface area contributed by atoms with Gasteiger partial charge in [0.05, 0.1) is 0 Å². The molecule has 0 aromatic carbocycles. The Morgan fingerprint density at radius 1 is 0.786 bits per heavy atom. The molecule has 0 spiro atoms. The van der Waals surface area contributed by atoms with Gasteiger partial charge in [-0.2, -0.15) is 0 Å². The maximum atomic E-state index is 5.27. The van der Waals surface area contributed by atoms with E-state index in [1.807, 2.05) is 0 Å². The summed E-state index contributed by atoms with van der Waals surface area (Å²) in [4.78, 5) is 2.38. The van der Waals surface area contributed by atoms with Crippen LogP contribution in [0.4, 0.5) is 0 Å². The van der Waals surface area contributed by atoms with Crippen LogP contribution in [0.1, 0.15) is 53.4 Å². The Kier molecular flexibility index (Phi) is 18.0. The van der Waals surface area contributed by atoms with Crippen molar-refractivity contribution in [2.24, 2.45) is 5.73 Å². The molecule has 2 heteroatoms. The molecule has 2 nitrogen and oxygen atoms in total. The van der Waals surface area contributed by atoms with Gasteiger partial charge in [0.15, 0.2) is 0 Å². The van der Waals surface area contributed by atoms with Gasteiger partial charge in [-0.25, -0.2) is 0 Å². The summed E-state index contributed by atoms with van der Waals surface area (Å²) >= 11 is 0. The van der Waals surface area contributed by atoms with Crippen molar-refractivity contribution in [3.05, 3.63) is 0 Å². The molecule has 0 heterocycles. The highest BCUT2D eigenvalue weighted by molar-refractivity contribution is 4.43. The second-order valence-electron chi connectivity index (χ2n) is 3.47. The maximum absolute atomic E-state index is 5.27. The van der Waals surface area contributed by atoms with Crippen LogP contribution in [0.15, 0.2) is 0 Å². The largest absolute Gasteiger partial charge is 0.330 e. The first kappa shape index (κ1) is 16.4. The third-order valence-corrected chi connectivity index (χ3v) is 2.40. The van der Waals surface area contributed by atoms with E-state index in [0.717, 1.165) is 6.54 Å². The average molecular weight is 202 g/mol.